The summed E-state index contributed by atoms with van der Waals surface area (Å²) in [6.45, 7) is 0. The number of rotatable bonds is 2. The molecule has 1 aromatic rings. The Bertz CT molecular complexity index is 462. The standard InChI is InChI=1S/C8H6O4.CH4O.H2O4S/c9-7(10)5-1-2-6(4-3-5)8(11)12;1-2;1-5(2,3)4/h1-4H,(H,9,10)(H,11,12);2H,1H3;(H2,1,2,3,4). The molecule has 1 rings (SSSR count). The predicted molar refractivity (Wildman–Crippen MR) is 62.7 cm³/mol. The number of aliphatic hydroxyl groups excluding tert-OH is 1. The minimum atomic E-state index is -4.67. The first kappa shape index (κ1) is 19.3. The molecule has 0 spiro atoms. The van der Waals surface area contributed by atoms with Crippen molar-refractivity contribution in [3.8, 4) is 0 Å². The van der Waals surface area contributed by atoms with Gasteiger partial charge in [0, 0.05) is 7.11 Å². The van der Waals surface area contributed by atoms with E-state index in [9.17, 15) is 9.59 Å². The highest BCUT2D eigenvalue weighted by Gasteiger charge is 2.04. The van der Waals surface area contributed by atoms with Gasteiger partial charge in [-0.25, -0.2) is 9.59 Å². The molecule has 9 nitrogen and oxygen atoms in total. The van der Waals surface area contributed by atoms with Gasteiger partial charge in [-0.2, -0.15) is 8.42 Å². The smallest absolute Gasteiger partial charge is 0.394 e. The number of carbonyl (C=O) groups is 2. The van der Waals surface area contributed by atoms with Gasteiger partial charge in [0.25, 0.3) is 0 Å². The van der Waals surface area contributed by atoms with Crippen LogP contribution in [-0.4, -0.2) is 51.9 Å². The minimum Gasteiger partial charge on any atom is -0.478 e. The lowest BCUT2D eigenvalue weighted by atomic mass is 10.1. The van der Waals surface area contributed by atoms with Gasteiger partial charge in [-0.3, -0.25) is 9.11 Å². The van der Waals surface area contributed by atoms with Gasteiger partial charge in [0.15, 0.2) is 0 Å². The van der Waals surface area contributed by atoms with Crippen LogP contribution in [0.1, 0.15) is 20.7 Å². The Morgan fingerprint density at radius 3 is 1.11 bits per heavy atom. The molecule has 5 N–H and O–H groups in total. The summed E-state index contributed by atoms with van der Waals surface area (Å²) in [5, 5.41) is 23.9. The first-order valence-corrected chi connectivity index (χ1v) is 5.72. The van der Waals surface area contributed by atoms with Gasteiger partial charge < -0.3 is 15.3 Å². The van der Waals surface area contributed by atoms with Crippen LogP contribution in [0.4, 0.5) is 0 Å². The second-order valence-corrected chi connectivity index (χ2v) is 3.53. The summed E-state index contributed by atoms with van der Waals surface area (Å²) in [6, 6.07) is 5.02. The van der Waals surface area contributed by atoms with Crippen molar-refractivity contribution in [2.45, 2.75) is 0 Å². The highest BCUT2D eigenvalue weighted by atomic mass is 32.3. The Kier molecular flexibility index (Phi) is 9.15. The highest BCUT2D eigenvalue weighted by Crippen LogP contribution is 2.03. The molecule has 0 amide bonds. The molecule has 0 saturated carbocycles. The minimum absolute atomic E-state index is 0.0833. The van der Waals surface area contributed by atoms with E-state index in [1.54, 1.807) is 0 Å². The van der Waals surface area contributed by atoms with E-state index >= 15 is 0 Å². The molecule has 0 heterocycles. The van der Waals surface area contributed by atoms with Gasteiger partial charge >= 0.3 is 22.3 Å². The average molecular weight is 296 g/mol. The molecule has 10 heteroatoms. The first-order chi connectivity index (χ1) is 8.61. The zero-order valence-electron chi connectivity index (χ0n) is 9.59. The summed E-state index contributed by atoms with van der Waals surface area (Å²) in [5.41, 5.74) is 0.167. The van der Waals surface area contributed by atoms with Gasteiger partial charge in [-0.15, -0.1) is 0 Å². The van der Waals surface area contributed by atoms with Crippen molar-refractivity contribution < 1.29 is 42.4 Å². The quantitative estimate of drug-likeness (QED) is 0.472. The maximum absolute atomic E-state index is 10.3. The van der Waals surface area contributed by atoms with E-state index in [2.05, 4.69) is 0 Å². The van der Waals surface area contributed by atoms with E-state index < -0.39 is 22.3 Å². The van der Waals surface area contributed by atoms with Gasteiger partial charge in [0.1, 0.15) is 0 Å². The summed E-state index contributed by atoms with van der Waals surface area (Å²) >= 11 is 0. The van der Waals surface area contributed by atoms with Crippen molar-refractivity contribution in [2.75, 3.05) is 7.11 Å². The van der Waals surface area contributed by atoms with Crippen LogP contribution in [0.2, 0.25) is 0 Å². The number of hydrogen-bond acceptors (Lipinski definition) is 5. The molecular weight excluding hydrogens is 284 g/mol. The molecule has 0 saturated heterocycles. The second-order valence-electron chi connectivity index (χ2n) is 2.64. The number of hydrogen-bond donors (Lipinski definition) is 5. The van der Waals surface area contributed by atoms with Crippen molar-refractivity contribution in [1.82, 2.24) is 0 Å². The fourth-order valence-electron chi connectivity index (χ4n) is 0.755. The van der Waals surface area contributed by atoms with Gasteiger partial charge in [0.05, 0.1) is 11.1 Å². The number of carboxylic acids is 2. The number of benzene rings is 1. The van der Waals surface area contributed by atoms with Crippen LogP contribution in [0.5, 0.6) is 0 Å². The summed E-state index contributed by atoms with van der Waals surface area (Å²) < 4.78 is 31.6. The first-order valence-electron chi connectivity index (χ1n) is 4.32. The van der Waals surface area contributed by atoms with E-state index in [-0.39, 0.29) is 11.1 Å². The lowest BCUT2D eigenvalue weighted by molar-refractivity contribution is 0.0681. The molecule has 108 valence electrons. The number of aliphatic hydroxyl groups is 1. The largest absolute Gasteiger partial charge is 0.478 e. The van der Waals surface area contributed by atoms with Crippen molar-refractivity contribution in [1.29, 1.82) is 0 Å². The molecular formula is C9H12O9S. The molecule has 0 aliphatic heterocycles. The Balaban J connectivity index is 0. The molecule has 0 radical (unpaired) electrons. The molecule has 0 atom stereocenters. The van der Waals surface area contributed by atoms with Crippen LogP contribution in [0.3, 0.4) is 0 Å². The van der Waals surface area contributed by atoms with Crippen molar-refractivity contribution in [3.63, 3.8) is 0 Å². The Morgan fingerprint density at radius 1 is 0.842 bits per heavy atom. The molecule has 0 bridgehead atoms. The fourth-order valence-corrected chi connectivity index (χ4v) is 0.755. The maximum Gasteiger partial charge on any atom is 0.394 e. The summed E-state index contributed by atoms with van der Waals surface area (Å²) in [6.07, 6.45) is 0. The van der Waals surface area contributed by atoms with Crippen LogP contribution in [-0.2, 0) is 10.4 Å². The molecule has 0 fully saturated rings. The molecule has 0 aliphatic carbocycles. The maximum atomic E-state index is 10.3. The summed E-state index contributed by atoms with van der Waals surface area (Å²) in [4.78, 5) is 20.7. The second kappa shape index (κ2) is 8.99. The average Bonchev–Trinajstić information content (AvgIpc) is 2.29. The molecule has 19 heavy (non-hydrogen) atoms. The van der Waals surface area contributed by atoms with Crippen LogP contribution >= 0.6 is 0 Å². The molecule has 0 unspecified atom stereocenters. The fraction of sp³-hybridized carbons (Fsp3) is 0.111. The van der Waals surface area contributed by atoms with E-state index in [0.29, 0.717) is 0 Å². The van der Waals surface area contributed by atoms with E-state index in [0.717, 1.165) is 7.11 Å². The van der Waals surface area contributed by atoms with Crippen LogP contribution in [0.25, 0.3) is 0 Å². The van der Waals surface area contributed by atoms with Crippen LogP contribution in [0.15, 0.2) is 24.3 Å². The Morgan fingerprint density at radius 2 is 1.00 bits per heavy atom. The monoisotopic (exact) mass is 296 g/mol. The Labute approximate surface area is 108 Å². The lowest BCUT2D eigenvalue weighted by Crippen LogP contribution is -1.99. The van der Waals surface area contributed by atoms with Crippen molar-refractivity contribution in [2.24, 2.45) is 0 Å². The topological polar surface area (TPSA) is 169 Å². The van der Waals surface area contributed by atoms with E-state index in [1.165, 1.54) is 24.3 Å². The van der Waals surface area contributed by atoms with E-state index in [4.69, 9.17) is 32.8 Å². The predicted octanol–water partition coefficient (Wildman–Crippen LogP) is 0.0387. The van der Waals surface area contributed by atoms with Gasteiger partial charge in [0.2, 0.25) is 0 Å². The third kappa shape index (κ3) is 12.2. The molecule has 0 aromatic heterocycles. The normalized spacial score (nSPS) is 9.26. The summed E-state index contributed by atoms with van der Waals surface area (Å²) in [7, 11) is -3.67. The van der Waals surface area contributed by atoms with Gasteiger partial charge in [-0.1, -0.05) is 0 Å². The number of aromatic carboxylic acids is 2. The van der Waals surface area contributed by atoms with Crippen LogP contribution in [0, 0.1) is 0 Å². The van der Waals surface area contributed by atoms with Crippen molar-refractivity contribution in [3.05, 3.63) is 35.4 Å². The zero-order valence-corrected chi connectivity index (χ0v) is 10.4. The highest BCUT2D eigenvalue weighted by molar-refractivity contribution is 7.79. The molecule has 1 aromatic carbocycles. The lowest BCUT2D eigenvalue weighted by Gasteiger charge is -1.94. The van der Waals surface area contributed by atoms with Crippen LogP contribution < -0.4 is 0 Å². The van der Waals surface area contributed by atoms with Gasteiger partial charge in [-0.05, 0) is 24.3 Å². The van der Waals surface area contributed by atoms with E-state index in [1.807, 2.05) is 0 Å². The Hall–Kier alpha value is -2.01. The summed E-state index contributed by atoms with van der Waals surface area (Å²) in [5.74, 6) is -2.13. The third-order valence-electron chi connectivity index (χ3n) is 1.38. The zero-order chi connectivity index (χ0) is 15.6. The molecule has 0 aliphatic rings. The third-order valence-corrected chi connectivity index (χ3v) is 1.38. The van der Waals surface area contributed by atoms with Crippen molar-refractivity contribution >= 4 is 22.3 Å². The SMILES string of the molecule is CO.O=C(O)c1ccc(C(=O)O)cc1.O=S(=O)(O)O. The number of carboxylic acid groups (broad SMARTS) is 2.